The average Bonchev–Trinajstić information content (AvgIpc) is 2.32. The molecule has 0 aliphatic carbocycles. The maximum atomic E-state index is 6.01. The third-order valence-electron chi connectivity index (χ3n) is 2.47. The van der Waals surface area contributed by atoms with Crippen molar-refractivity contribution < 1.29 is 0 Å². The van der Waals surface area contributed by atoms with E-state index in [2.05, 4.69) is 29.4 Å². The Morgan fingerprint density at radius 2 is 2.06 bits per heavy atom. The average molecular weight is 248 g/mol. The molecule has 17 heavy (non-hydrogen) atoms. The Hall–Kier alpha value is -1.61. The summed E-state index contributed by atoms with van der Waals surface area (Å²) in [5, 5.41) is 11.8. The molecule has 0 saturated heterocycles. The predicted molar refractivity (Wildman–Crippen MR) is 70.9 cm³/mol. The van der Waals surface area contributed by atoms with E-state index in [1.54, 1.807) is 6.20 Å². The first kappa shape index (κ1) is 11.9. The fourth-order valence-electron chi connectivity index (χ4n) is 1.63. The van der Waals surface area contributed by atoms with Crippen molar-refractivity contribution in [2.45, 2.75) is 19.8 Å². The van der Waals surface area contributed by atoms with Gasteiger partial charge in [-0.15, -0.1) is 5.10 Å². The summed E-state index contributed by atoms with van der Waals surface area (Å²) in [4.78, 5) is 0. The number of hydrogen-bond acceptors (Lipinski definition) is 3. The number of nitrogens with one attached hydrogen (secondary N) is 1. The first-order valence-corrected chi connectivity index (χ1v) is 5.89. The maximum absolute atomic E-state index is 6.01. The van der Waals surface area contributed by atoms with Crippen LogP contribution in [0.2, 0.25) is 5.02 Å². The van der Waals surface area contributed by atoms with Gasteiger partial charge in [-0.05, 0) is 41.8 Å². The van der Waals surface area contributed by atoms with Gasteiger partial charge in [-0.25, -0.2) is 0 Å². The van der Waals surface area contributed by atoms with Crippen molar-refractivity contribution in [1.29, 1.82) is 0 Å². The minimum Gasteiger partial charge on any atom is -0.338 e. The lowest BCUT2D eigenvalue weighted by Gasteiger charge is -2.14. The lowest BCUT2D eigenvalue weighted by Crippen LogP contribution is -1.99. The van der Waals surface area contributed by atoms with Crippen LogP contribution in [0.25, 0.3) is 0 Å². The highest BCUT2D eigenvalue weighted by Crippen LogP contribution is 2.29. The summed E-state index contributed by atoms with van der Waals surface area (Å²) < 4.78 is 0. The van der Waals surface area contributed by atoms with Crippen molar-refractivity contribution in [1.82, 2.24) is 10.2 Å². The van der Waals surface area contributed by atoms with Crippen molar-refractivity contribution in [3.05, 3.63) is 47.1 Å². The second kappa shape index (κ2) is 5.15. The molecule has 0 unspecified atom stereocenters. The Balaban J connectivity index is 2.33. The predicted octanol–water partition coefficient (Wildman–Crippen LogP) is 4.00. The fourth-order valence-corrected chi connectivity index (χ4v) is 1.81. The molecule has 0 atom stereocenters. The smallest absolute Gasteiger partial charge is 0.153 e. The van der Waals surface area contributed by atoms with Crippen LogP contribution in [0.5, 0.6) is 0 Å². The second-order valence-electron chi connectivity index (χ2n) is 4.12. The maximum Gasteiger partial charge on any atom is 0.153 e. The fraction of sp³-hybridized carbons (Fsp3) is 0.231. The van der Waals surface area contributed by atoms with Crippen molar-refractivity contribution in [2.75, 3.05) is 5.32 Å². The summed E-state index contributed by atoms with van der Waals surface area (Å²) in [6.45, 7) is 4.26. The first-order valence-electron chi connectivity index (χ1n) is 5.51. The molecule has 2 aromatic rings. The van der Waals surface area contributed by atoms with E-state index in [0.717, 1.165) is 16.5 Å². The molecule has 0 aliphatic heterocycles. The highest BCUT2D eigenvalue weighted by atomic mass is 35.5. The van der Waals surface area contributed by atoms with Gasteiger partial charge in [0, 0.05) is 16.9 Å². The third-order valence-corrected chi connectivity index (χ3v) is 2.71. The van der Waals surface area contributed by atoms with Gasteiger partial charge in [-0.1, -0.05) is 25.4 Å². The minimum atomic E-state index is 0.396. The number of halogens is 1. The zero-order chi connectivity index (χ0) is 12.3. The van der Waals surface area contributed by atoms with Crippen LogP contribution in [0.3, 0.4) is 0 Å². The summed E-state index contributed by atoms with van der Waals surface area (Å²) in [6, 6.07) is 9.54. The zero-order valence-corrected chi connectivity index (χ0v) is 10.6. The molecule has 0 radical (unpaired) electrons. The van der Waals surface area contributed by atoms with Gasteiger partial charge in [-0.2, -0.15) is 5.10 Å². The highest BCUT2D eigenvalue weighted by Gasteiger charge is 2.08. The van der Waals surface area contributed by atoms with E-state index in [1.165, 1.54) is 5.56 Å². The normalized spacial score (nSPS) is 10.6. The largest absolute Gasteiger partial charge is 0.338 e. The lowest BCUT2D eigenvalue weighted by atomic mass is 10.0. The van der Waals surface area contributed by atoms with Crippen molar-refractivity contribution >= 4 is 23.1 Å². The Morgan fingerprint density at radius 1 is 1.24 bits per heavy atom. The van der Waals surface area contributed by atoms with Crippen LogP contribution < -0.4 is 5.32 Å². The number of rotatable bonds is 3. The number of aromatic nitrogens is 2. The van der Waals surface area contributed by atoms with Gasteiger partial charge in [-0.3, -0.25) is 0 Å². The quantitative estimate of drug-likeness (QED) is 0.891. The van der Waals surface area contributed by atoms with Crippen LogP contribution >= 0.6 is 11.6 Å². The van der Waals surface area contributed by atoms with E-state index >= 15 is 0 Å². The van der Waals surface area contributed by atoms with Gasteiger partial charge >= 0.3 is 0 Å². The van der Waals surface area contributed by atoms with Crippen LogP contribution in [-0.2, 0) is 0 Å². The molecule has 0 saturated carbocycles. The van der Waals surface area contributed by atoms with E-state index in [4.69, 9.17) is 11.6 Å². The van der Waals surface area contributed by atoms with Gasteiger partial charge in [0.1, 0.15) is 0 Å². The van der Waals surface area contributed by atoms with E-state index < -0.39 is 0 Å². The number of benzene rings is 1. The molecule has 0 aliphatic rings. The van der Waals surface area contributed by atoms with Gasteiger partial charge < -0.3 is 5.32 Å². The van der Waals surface area contributed by atoms with Crippen molar-refractivity contribution in [3.8, 4) is 0 Å². The summed E-state index contributed by atoms with van der Waals surface area (Å²) in [6.07, 6.45) is 1.65. The van der Waals surface area contributed by atoms with Crippen LogP contribution in [-0.4, -0.2) is 10.2 Å². The molecule has 1 N–H and O–H groups in total. The van der Waals surface area contributed by atoms with Gasteiger partial charge in [0.2, 0.25) is 0 Å². The van der Waals surface area contributed by atoms with E-state index in [0.29, 0.717) is 5.92 Å². The van der Waals surface area contributed by atoms with E-state index in [1.807, 2.05) is 30.3 Å². The van der Waals surface area contributed by atoms with Crippen LogP contribution in [0.15, 0.2) is 36.5 Å². The minimum absolute atomic E-state index is 0.396. The molecular weight excluding hydrogens is 234 g/mol. The molecule has 1 aromatic carbocycles. The van der Waals surface area contributed by atoms with Gasteiger partial charge in [0.15, 0.2) is 5.82 Å². The van der Waals surface area contributed by atoms with Gasteiger partial charge in [0.25, 0.3) is 0 Å². The number of nitrogens with zero attached hydrogens (tertiary/aromatic N) is 2. The summed E-state index contributed by atoms with van der Waals surface area (Å²) in [7, 11) is 0. The molecule has 88 valence electrons. The van der Waals surface area contributed by atoms with Crippen molar-refractivity contribution in [2.24, 2.45) is 0 Å². The molecule has 0 fully saturated rings. The van der Waals surface area contributed by atoms with E-state index in [-0.39, 0.29) is 0 Å². The standard InChI is InChI=1S/C13H14ClN3/c1-9(2)11-8-10(14)5-6-12(11)16-13-4-3-7-15-17-13/h3-9H,1-2H3,(H,16,17). The molecule has 2 rings (SSSR count). The van der Waals surface area contributed by atoms with Crippen LogP contribution in [0.1, 0.15) is 25.3 Å². The zero-order valence-electron chi connectivity index (χ0n) is 9.81. The third kappa shape index (κ3) is 2.94. The highest BCUT2D eigenvalue weighted by molar-refractivity contribution is 6.30. The summed E-state index contributed by atoms with van der Waals surface area (Å²) >= 11 is 6.01. The monoisotopic (exact) mass is 247 g/mol. The SMILES string of the molecule is CC(C)c1cc(Cl)ccc1Nc1cccnn1. The molecule has 0 spiro atoms. The second-order valence-corrected chi connectivity index (χ2v) is 4.56. The number of hydrogen-bond donors (Lipinski definition) is 1. The Labute approximate surface area is 106 Å². The van der Waals surface area contributed by atoms with Gasteiger partial charge in [0.05, 0.1) is 0 Å². The van der Waals surface area contributed by atoms with E-state index in [9.17, 15) is 0 Å². The first-order chi connectivity index (χ1) is 8.16. The summed E-state index contributed by atoms with van der Waals surface area (Å²) in [5.74, 6) is 1.13. The van der Waals surface area contributed by atoms with Crippen LogP contribution in [0.4, 0.5) is 11.5 Å². The Morgan fingerprint density at radius 3 is 2.71 bits per heavy atom. The molecule has 0 bridgehead atoms. The molecule has 1 aromatic heterocycles. The van der Waals surface area contributed by atoms with Crippen molar-refractivity contribution in [3.63, 3.8) is 0 Å². The topological polar surface area (TPSA) is 37.8 Å². The molecule has 4 heteroatoms. The molecular formula is C13H14ClN3. The Bertz CT molecular complexity index is 497. The molecule has 0 amide bonds. The molecule has 3 nitrogen and oxygen atoms in total. The number of anilines is 2. The molecule has 1 heterocycles. The lowest BCUT2D eigenvalue weighted by molar-refractivity contribution is 0.868. The summed E-state index contributed by atoms with van der Waals surface area (Å²) in [5.41, 5.74) is 2.19. The Kier molecular flexibility index (Phi) is 3.59. The van der Waals surface area contributed by atoms with Crippen LogP contribution in [0, 0.1) is 0 Å².